The molecule has 0 spiro atoms. The maximum absolute atomic E-state index is 13.5. The van der Waals surface area contributed by atoms with E-state index in [2.05, 4.69) is 40.2 Å². The Morgan fingerprint density at radius 3 is 2.66 bits per heavy atom. The summed E-state index contributed by atoms with van der Waals surface area (Å²) in [5, 5.41) is 2.86. The van der Waals surface area contributed by atoms with E-state index in [1.54, 1.807) is 12.3 Å². The molecule has 10 nitrogen and oxygen atoms in total. The summed E-state index contributed by atoms with van der Waals surface area (Å²) in [6.07, 6.45) is -0.321. The minimum atomic E-state index is -4.83. The maximum atomic E-state index is 13.5. The molecule has 1 aliphatic carbocycles. The monoisotopic (exact) mass is 576 g/mol. The number of hydrogen-bond acceptors (Lipinski definition) is 6. The van der Waals surface area contributed by atoms with Crippen LogP contribution in [0.5, 0.6) is 0 Å². The van der Waals surface area contributed by atoms with Crippen LogP contribution >= 0.6 is 0 Å². The first-order chi connectivity index (χ1) is 17.7. The number of urea groups is 1. The van der Waals surface area contributed by atoms with Crippen molar-refractivity contribution in [3.63, 3.8) is 0 Å². The number of nitrogens with zero attached hydrogens (tertiary/aromatic N) is 4. The van der Waals surface area contributed by atoms with E-state index in [0.29, 0.717) is 37.3 Å². The first-order valence-corrected chi connectivity index (χ1v) is 18.0. The van der Waals surface area contributed by atoms with Crippen molar-refractivity contribution in [2.24, 2.45) is 5.92 Å². The first kappa shape index (κ1) is 28.8. The summed E-state index contributed by atoms with van der Waals surface area (Å²) >= 11 is 0. The molecule has 1 saturated heterocycles. The van der Waals surface area contributed by atoms with Gasteiger partial charge >= 0.3 is 12.2 Å². The molecule has 2 aromatic rings. The Labute approximate surface area is 221 Å². The fourth-order valence-corrected chi connectivity index (χ4v) is 7.48. The minimum Gasteiger partial charge on any atom is -0.361 e. The Balaban J connectivity index is 1.32. The third kappa shape index (κ3) is 7.24. The molecule has 2 fully saturated rings. The Morgan fingerprint density at radius 2 is 2.00 bits per heavy atom. The molecule has 2 atom stereocenters. The smallest absolute Gasteiger partial charge is 0.361 e. The van der Waals surface area contributed by atoms with Gasteiger partial charge in [0.05, 0.1) is 6.20 Å². The van der Waals surface area contributed by atoms with Crippen molar-refractivity contribution < 1.29 is 31.1 Å². The van der Waals surface area contributed by atoms with E-state index in [1.807, 2.05) is 4.57 Å². The van der Waals surface area contributed by atoms with Crippen molar-refractivity contribution in [2.75, 3.05) is 25.0 Å². The van der Waals surface area contributed by atoms with E-state index in [-0.39, 0.29) is 31.7 Å². The Bertz CT molecular complexity index is 1250. The molecule has 0 bridgehead atoms. The van der Waals surface area contributed by atoms with E-state index in [1.165, 1.54) is 6.20 Å². The maximum Gasteiger partial charge on any atom is 0.407 e. The number of ether oxygens (including phenoxy) is 1. The molecule has 3 heterocycles. The van der Waals surface area contributed by atoms with E-state index in [4.69, 9.17) is 4.74 Å². The molecule has 2 amide bonds. The number of fused-ring (bicyclic) bond motifs is 1. The molecule has 2 N–H and O–H groups in total. The lowest BCUT2D eigenvalue weighted by Crippen LogP contribution is -2.55. The molecule has 212 valence electrons. The number of nitrogens with one attached hydrogen (secondary N) is 2. The van der Waals surface area contributed by atoms with Crippen LogP contribution < -0.4 is 10.6 Å². The fourth-order valence-electron chi connectivity index (χ4n) is 4.54. The summed E-state index contributed by atoms with van der Waals surface area (Å²) < 4.78 is 74.8. The second-order valence-corrected chi connectivity index (χ2v) is 18.9. The molecule has 4 rings (SSSR count). The van der Waals surface area contributed by atoms with Crippen LogP contribution in [0.25, 0.3) is 11.2 Å². The van der Waals surface area contributed by atoms with Crippen LogP contribution in [0.2, 0.25) is 25.7 Å². The highest BCUT2D eigenvalue weighted by molar-refractivity contribution is 7.89. The molecule has 15 heteroatoms. The number of sulfonamides is 1. The number of anilines is 1. The molecule has 2 aliphatic rings. The molecule has 2 aromatic heterocycles. The second kappa shape index (κ2) is 11.1. The second-order valence-electron chi connectivity index (χ2n) is 11.2. The zero-order valence-corrected chi connectivity index (χ0v) is 23.6. The van der Waals surface area contributed by atoms with Crippen LogP contribution in [0.3, 0.4) is 0 Å². The van der Waals surface area contributed by atoms with Gasteiger partial charge in [-0.1, -0.05) is 19.6 Å². The lowest BCUT2D eigenvalue weighted by molar-refractivity contribution is -0.134. The summed E-state index contributed by atoms with van der Waals surface area (Å²) in [6.45, 7) is 7.64. The molecule has 1 aliphatic heterocycles. The van der Waals surface area contributed by atoms with Crippen molar-refractivity contribution >= 4 is 41.1 Å². The van der Waals surface area contributed by atoms with Gasteiger partial charge in [-0.3, -0.25) is 5.32 Å². The van der Waals surface area contributed by atoms with E-state index >= 15 is 0 Å². The lowest BCUT2D eigenvalue weighted by atomic mass is 10.1. The highest BCUT2D eigenvalue weighted by Gasteiger charge is 2.58. The molecule has 1 unspecified atom stereocenters. The molecule has 38 heavy (non-hydrogen) atoms. The lowest BCUT2D eigenvalue weighted by Gasteiger charge is -2.35. The number of aromatic nitrogens is 3. The number of halogens is 3. The predicted octanol–water partition coefficient (Wildman–Crippen LogP) is 4.00. The number of carbonyl (C=O) groups is 1. The molecular formula is C23H35F3N6O4SSi. The van der Waals surface area contributed by atoms with Crippen LogP contribution in [-0.2, 0) is 21.5 Å². The molecule has 1 saturated carbocycles. The number of carbonyl (C=O) groups excluding carboxylic acids is 1. The van der Waals surface area contributed by atoms with Gasteiger partial charge in [0.1, 0.15) is 12.2 Å². The van der Waals surface area contributed by atoms with Gasteiger partial charge in [-0.25, -0.2) is 23.2 Å². The summed E-state index contributed by atoms with van der Waals surface area (Å²) in [4.78, 5) is 21.3. The van der Waals surface area contributed by atoms with E-state index in [0.717, 1.165) is 10.3 Å². The van der Waals surface area contributed by atoms with E-state index < -0.39 is 47.5 Å². The quantitative estimate of drug-likeness (QED) is 0.326. The molecule has 0 radical (unpaired) electrons. The van der Waals surface area contributed by atoms with Crippen LogP contribution in [0.4, 0.5) is 23.8 Å². The average molecular weight is 577 g/mol. The number of alkyl halides is 3. The van der Waals surface area contributed by atoms with Gasteiger partial charge in [-0.2, -0.15) is 17.5 Å². The SMILES string of the molecule is C[Si](C)(C)CCOCn1ccc2nc(NC(=O)NC3CCCN(S(=O)(=O)[C@@H](C4CC4)C(F)(F)F)C3)cnc21. The third-order valence-electron chi connectivity index (χ3n) is 6.70. The normalized spacial score (nSPS) is 20.4. The van der Waals surface area contributed by atoms with Gasteiger partial charge in [-0.15, -0.1) is 0 Å². The van der Waals surface area contributed by atoms with Gasteiger partial charge in [0.2, 0.25) is 10.0 Å². The fraction of sp³-hybridized carbons (Fsp3) is 0.696. The summed E-state index contributed by atoms with van der Waals surface area (Å²) in [7, 11) is -5.77. The highest BCUT2D eigenvalue weighted by atomic mass is 32.2. The standard InChI is InChI=1S/C23H35F3N6O4SSi/c1-38(2,3)12-11-36-15-31-10-8-18-21(31)27-13-19(29-18)30-22(33)28-17-5-4-9-32(14-17)37(34,35)20(16-6-7-16)23(24,25)26/h8,10,13,16-17,20H,4-7,9,11-12,14-15H2,1-3H3,(H2,28,29,30,33)/t17?,20-/m0/s1. The topological polar surface area (TPSA) is 118 Å². The summed E-state index contributed by atoms with van der Waals surface area (Å²) in [5.74, 6) is -0.699. The zero-order valence-electron chi connectivity index (χ0n) is 21.8. The third-order valence-corrected chi connectivity index (χ3v) is 10.8. The summed E-state index contributed by atoms with van der Waals surface area (Å²) in [6, 6.07) is 1.55. The van der Waals surface area contributed by atoms with E-state index in [9.17, 15) is 26.4 Å². The van der Waals surface area contributed by atoms with Crippen LogP contribution in [0, 0.1) is 5.92 Å². The Kier molecular flexibility index (Phi) is 8.40. The van der Waals surface area contributed by atoms with Crippen LogP contribution in [0.15, 0.2) is 18.5 Å². The predicted molar refractivity (Wildman–Crippen MR) is 140 cm³/mol. The van der Waals surface area contributed by atoms with Crippen LogP contribution in [-0.4, -0.2) is 78.5 Å². The van der Waals surface area contributed by atoms with Crippen molar-refractivity contribution in [3.05, 3.63) is 18.5 Å². The first-order valence-electron chi connectivity index (χ1n) is 12.8. The highest BCUT2D eigenvalue weighted by Crippen LogP contribution is 2.45. The summed E-state index contributed by atoms with van der Waals surface area (Å²) in [5.41, 5.74) is 1.16. The van der Waals surface area contributed by atoms with Gasteiger partial charge < -0.3 is 14.6 Å². The zero-order chi connectivity index (χ0) is 27.7. The number of piperidine rings is 1. The number of amides is 2. The minimum absolute atomic E-state index is 0.00240. The largest absolute Gasteiger partial charge is 0.407 e. The van der Waals surface area contributed by atoms with Crippen molar-refractivity contribution in [1.29, 1.82) is 0 Å². The molecule has 0 aromatic carbocycles. The Hall–Kier alpha value is -2.23. The van der Waals surface area contributed by atoms with Crippen molar-refractivity contribution in [2.45, 2.75) is 75.6 Å². The van der Waals surface area contributed by atoms with Gasteiger partial charge in [-0.05, 0) is 43.7 Å². The van der Waals surface area contributed by atoms with Crippen molar-refractivity contribution in [1.82, 2.24) is 24.2 Å². The van der Waals surface area contributed by atoms with Crippen molar-refractivity contribution in [3.8, 4) is 0 Å². The van der Waals surface area contributed by atoms with Crippen LogP contribution in [0.1, 0.15) is 25.7 Å². The average Bonchev–Trinajstić information content (AvgIpc) is 3.53. The van der Waals surface area contributed by atoms with Gasteiger partial charge in [0.15, 0.2) is 16.7 Å². The van der Waals surface area contributed by atoms with Gasteiger partial charge in [0, 0.05) is 40.0 Å². The number of rotatable bonds is 10. The van der Waals surface area contributed by atoms with Gasteiger partial charge in [0.25, 0.3) is 0 Å². The number of hydrogen-bond donors (Lipinski definition) is 2. The Morgan fingerprint density at radius 1 is 1.26 bits per heavy atom. The molecular weight excluding hydrogens is 541 g/mol.